The van der Waals surface area contributed by atoms with Crippen LogP contribution in [0.2, 0.25) is 0 Å². The van der Waals surface area contributed by atoms with E-state index in [1.54, 1.807) is 0 Å². The molecule has 0 spiro atoms. The number of carbonyl (C=O) groups excluding carboxylic acids is 1. The molecule has 0 radical (unpaired) electrons. The number of hydrogen-bond acceptors (Lipinski definition) is 5. The standard InChI is InChI=1S/C23H25NO6/c25-20-9-13(18(22(27)28)10-21(20)26)11-24-23(29)30-12-19-16-7-3-1-5-14(16)15-6-2-4-8-17(15)19/h1-8,13,18-21,25-26H,9-12H2,(H,24,29)(H,27,28)/t13-,18-,20+,21-/m1/s1. The summed E-state index contributed by atoms with van der Waals surface area (Å²) < 4.78 is 5.47. The number of ether oxygens (including phenoxy) is 1. The van der Waals surface area contributed by atoms with E-state index >= 15 is 0 Å². The number of aliphatic hydroxyl groups is 2. The summed E-state index contributed by atoms with van der Waals surface area (Å²) in [5.74, 6) is -2.39. The zero-order valence-corrected chi connectivity index (χ0v) is 16.4. The van der Waals surface area contributed by atoms with Crippen LogP contribution in [-0.4, -0.2) is 52.7 Å². The Hall–Kier alpha value is -2.90. The van der Waals surface area contributed by atoms with Crippen molar-refractivity contribution in [3.8, 4) is 11.1 Å². The number of amides is 1. The van der Waals surface area contributed by atoms with Crippen LogP contribution in [0, 0.1) is 11.8 Å². The third-order valence-electron chi connectivity index (χ3n) is 6.22. The largest absolute Gasteiger partial charge is 0.481 e. The highest BCUT2D eigenvalue weighted by Gasteiger charge is 2.39. The second kappa shape index (κ2) is 8.45. The van der Waals surface area contributed by atoms with E-state index in [1.165, 1.54) is 0 Å². The fraction of sp³-hybridized carbons (Fsp3) is 0.391. The van der Waals surface area contributed by atoms with Crippen LogP contribution in [-0.2, 0) is 9.53 Å². The lowest BCUT2D eigenvalue weighted by molar-refractivity contribution is -0.150. The normalized spacial score (nSPS) is 25.3. The Morgan fingerprint density at radius 2 is 1.50 bits per heavy atom. The van der Waals surface area contributed by atoms with E-state index in [1.807, 2.05) is 36.4 Å². The van der Waals surface area contributed by atoms with Gasteiger partial charge in [-0.3, -0.25) is 4.79 Å². The molecule has 4 rings (SSSR count). The Labute approximate surface area is 174 Å². The average Bonchev–Trinajstić information content (AvgIpc) is 3.06. The van der Waals surface area contributed by atoms with Gasteiger partial charge in [0.1, 0.15) is 6.61 Å². The van der Waals surface area contributed by atoms with Gasteiger partial charge in [-0.1, -0.05) is 48.5 Å². The summed E-state index contributed by atoms with van der Waals surface area (Å²) in [6.07, 6.45) is -2.59. The van der Waals surface area contributed by atoms with Gasteiger partial charge in [-0.2, -0.15) is 0 Å². The molecule has 0 heterocycles. The van der Waals surface area contributed by atoms with Crippen molar-refractivity contribution in [2.45, 2.75) is 31.0 Å². The average molecular weight is 411 g/mol. The van der Waals surface area contributed by atoms with Crippen LogP contribution in [0.5, 0.6) is 0 Å². The molecule has 2 aliphatic rings. The van der Waals surface area contributed by atoms with Crippen molar-refractivity contribution in [3.05, 3.63) is 59.7 Å². The topological polar surface area (TPSA) is 116 Å². The fourth-order valence-corrected chi connectivity index (χ4v) is 4.63. The third kappa shape index (κ3) is 3.91. The number of carbonyl (C=O) groups is 2. The predicted molar refractivity (Wildman–Crippen MR) is 109 cm³/mol. The molecule has 4 N–H and O–H groups in total. The van der Waals surface area contributed by atoms with Crippen LogP contribution in [0.1, 0.15) is 29.9 Å². The molecule has 2 aromatic rings. The van der Waals surface area contributed by atoms with Gasteiger partial charge >= 0.3 is 12.1 Å². The Morgan fingerprint density at radius 1 is 0.933 bits per heavy atom. The van der Waals surface area contributed by atoms with Gasteiger partial charge in [0.15, 0.2) is 0 Å². The molecule has 4 atom stereocenters. The van der Waals surface area contributed by atoms with E-state index in [0.29, 0.717) is 0 Å². The Kier molecular flexibility index (Phi) is 5.74. The van der Waals surface area contributed by atoms with Gasteiger partial charge in [0.05, 0.1) is 18.1 Å². The number of aliphatic carboxylic acids is 1. The highest BCUT2D eigenvalue weighted by Crippen LogP contribution is 2.44. The highest BCUT2D eigenvalue weighted by atomic mass is 16.5. The minimum Gasteiger partial charge on any atom is -0.481 e. The Balaban J connectivity index is 1.37. The number of aliphatic hydroxyl groups excluding tert-OH is 2. The number of fused-ring (bicyclic) bond motifs is 3. The van der Waals surface area contributed by atoms with Gasteiger partial charge in [0.2, 0.25) is 0 Å². The zero-order chi connectivity index (χ0) is 21.3. The van der Waals surface area contributed by atoms with Crippen LogP contribution in [0.15, 0.2) is 48.5 Å². The summed E-state index contributed by atoms with van der Waals surface area (Å²) in [5, 5.41) is 31.6. The molecule has 0 aromatic heterocycles. The lowest BCUT2D eigenvalue weighted by Crippen LogP contribution is -2.46. The van der Waals surface area contributed by atoms with Crippen molar-refractivity contribution in [3.63, 3.8) is 0 Å². The maximum Gasteiger partial charge on any atom is 0.407 e. The number of alkyl carbamates (subject to hydrolysis) is 1. The fourth-order valence-electron chi connectivity index (χ4n) is 4.63. The molecule has 2 aliphatic carbocycles. The summed E-state index contributed by atoms with van der Waals surface area (Å²) in [6, 6.07) is 16.1. The molecule has 1 fully saturated rings. The van der Waals surface area contributed by atoms with Crippen LogP contribution in [0.25, 0.3) is 11.1 Å². The number of nitrogens with one attached hydrogen (secondary N) is 1. The number of carboxylic acid groups (broad SMARTS) is 1. The molecule has 7 heteroatoms. The maximum atomic E-state index is 12.3. The van der Waals surface area contributed by atoms with Gasteiger partial charge in [0, 0.05) is 12.5 Å². The SMILES string of the molecule is O=C(NC[C@H]1C[C@H](O)[C@H](O)C[C@H]1C(=O)O)OCC1c2ccccc2-c2ccccc21. The van der Waals surface area contributed by atoms with E-state index < -0.39 is 36.1 Å². The van der Waals surface area contributed by atoms with Gasteiger partial charge in [-0.25, -0.2) is 4.79 Å². The van der Waals surface area contributed by atoms with E-state index in [2.05, 4.69) is 17.4 Å². The first-order valence-electron chi connectivity index (χ1n) is 10.1. The van der Waals surface area contributed by atoms with Crippen LogP contribution in [0.4, 0.5) is 4.79 Å². The maximum absolute atomic E-state index is 12.3. The summed E-state index contributed by atoms with van der Waals surface area (Å²) in [7, 11) is 0. The monoisotopic (exact) mass is 411 g/mol. The van der Waals surface area contributed by atoms with Gasteiger partial charge in [-0.05, 0) is 41.0 Å². The lowest BCUT2D eigenvalue weighted by atomic mass is 9.76. The number of carboxylic acids is 1. The van der Waals surface area contributed by atoms with Crippen LogP contribution < -0.4 is 5.32 Å². The van der Waals surface area contributed by atoms with E-state index in [0.717, 1.165) is 22.3 Å². The van der Waals surface area contributed by atoms with Crippen molar-refractivity contribution in [1.29, 1.82) is 0 Å². The first-order valence-corrected chi connectivity index (χ1v) is 10.1. The van der Waals surface area contributed by atoms with Crippen molar-refractivity contribution in [2.24, 2.45) is 11.8 Å². The summed E-state index contributed by atoms with van der Waals surface area (Å²) in [5.41, 5.74) is 4.51. The van der Waals surface area contributed by atoms with Crippen molar-refractivity contribution in [2.75, 3.05) is 13.2 Å². The molecule has 30 heavy (non-hydrogen) atoms. The highest BCUT2D eigenvalue weighted by molar-refractivity contribution is 5.79. The van der Waals surface area contributed by atoms with E-state index in [4.69, 9.17) is 4.74 Å². The molecule has 0 unspecified atom stereocenters. The number of rotatable bonds is 5. The Bertz CT molecular complexity index is 899. The van der Waals surface area contributed by atoms with Gasteiger partial charge in [-0.15, -0.1) is 0 Å². The first kappa shape index (κ1) is 20.4. The molecule has 158 valence electrons. The first-order chi connectivity index (χ1) is 14.5. The van der Waals surface area contributed by atoms with Gasteiger partial charge in [0.25, 0.3) is 0 Å². The molecular weight excluding hydrogens is 386 g/mol. The van der Waals surface area contributed by atoms with Gasteiger partial charge < -0.3 is 25.4 Å². The minimum atomic E-state index is -1.06. The molecule has 2 aromatic carbocycles. The summed E-state index contributed by atoms with van der Waals surface area (Å²) in [4.78, 5) is 23.8. The molecule has 0 saturated heterocycles. The summed E-state index contributed by atoms with van der Waals surface area (Å²) >= 11 is 0. The van der Waals surface area contributed by atoms with E-state index in [9.17, 15) is 24.9 Å². The smallest absolute Gasteiger partial charge is 0.407 e. The molecule has 1 saturated carbocycles. The number of benzene rings is 2. The van der Waals surface area contributed by atoms with E-state index in [-0.39, 0.29) is 31.9 Å². The summed E-state index contributed by atoms with van der Waals surface area (Å²) in [6.45, 7) is 0.242. The van der Waals surface area contributed by atoms with Crippen molar-refractivity contribution in [1.82, 2.24) is 5.32 Å². The second-order valence-electron chi connectivity index (χ2n) is 8.02. The van der Waals surface area contributed by atoms with Crippen LogP contribution in [0.3, 0.4) is 0 Å². The lowest BCUT2D eigenvalue weighted by Gasteiger charge is -2.34. The molecule has 1 amide bonds. The second-order valence-corrected chi connectivity index (χ2v) is 8.02. The minimum absolute atomic E-state index is 0.0342. The molecule has 7 nitrogen and oxygen atoms in total. The Morgan fingerprint density at radius 3 is 2.10 bits per heavy atom. The van der Waals surface area contributed by atoms with Crippen molar-refractivity contribution >= 4 is 12.1 Å². The van der Waals surface area contributed by atoms with Crippen LogP contribution >= 0.6 is 0 Å². The third-order valence-corrected chi connectivity index (χ3v) is 6.22. The molecule has 0 bridgehead atoms. The molecular formula is C23H25NO6. The number of hydrogen-bond donors (Lipinski definition) is 4. The van der Waals surface area contributed by atoms with Crippen molar-refractivity contribution < 1.29 is 29.6 Å². The molecule has 0 aliphatic heterocycles. The predicted octanol–water partition coefficient (Wildman–Crippen LogP) is 2.36. The zero-order valence-electron chi connectivity index (χ0n) is 16.4. The quantitative estimate of drug-likeness (QED) is 0.600.